The molecule has 2 amide bonds. The van der Waals surface area contributed by atoms with E-state index >= 15 is 0 Å². The number of furan rings is 3. The van der Waals surface area contributed by atoms with Gasteiger partial charge < -0.3 is 47.8 Å². The molecule has 0 unspecified atom stereocenters. The summed E-state index contributed by atoms with van der Waals surface area (Å²) in [6.07, 6.45) is 10.7. The van der Waals surface area contributed by atoms with Crippen molar-refractivity contribution < 1.29 is 70.4 Å². The van der Waals surface area contributed by atoms with Crippen molar-refractivity contribution >= 4 is 45.2 Å². The summed E-state index contributed by atoms with van der Waals surface area (Å²) in [6, 6.07) is 62.3. The van der Waals surface area contributed by atoms with Crippen molar-refractivity contribution in [3.63, 3.8) is 0 Å². The third-order valence-corrected chi connectivity index (χ3v) is 20.0. The van der Waals surface area contributed by atoms with Crippen molar-refractivity contribution in [2.75, 3.05) is 18.1 Å². The molecule has 0 saturated heterocycles. The molecule has 0 fully saturated rings. The summed E-state index contributed by atoms with van der Waals surface area (Å²) in [4.78, 5) is 65.8. The number of ether oxygens (including phenoxy) is 2. The molecule has 3 N–H and O–H groups in total. The summed E-state index contributed by atoms with van der Waals surface area (Å²) in [5.41, 5.74) is 9.28. The van der Waals surface area contributed by atoms with Crippen LogP contribution in [0.5, 0.6) is 11.5 Å². The highest BCUT2D eigenvalue weighted by atomic mass is 32.2. The lowest BCUT2D eigenvalue weighted by atomic mass is 10.1. The Morgan fingerprint density at radius 2 is 0.962 bits per heavy atom. The van der Waals surface area contributed by atoms with Gasteiger partial charge in [0.25, 0.3) is 5.91 Å². The molecule has 0 bridgehead atoms. The van der Waals surface area contributed by atoms with Crippen LogP contribution in [0, 0.1) is 5.92 Å². The quantitative estimate of drug-likeness (QED) is 0.0324. The van der Waals surface area contributed by atoms with Gasteiger partial charge in [-0.05, 0) is 212 Å². The molecule has 1 atom stereocenters. The van der Waals surface area contributed by atoms with Crippen LogP contribution in [0.4, 0.5) is 5.69 Å². The van der Waals surface area contributed by atoms with Crippen molar-refractivity contribution in [2.45, 2.75) is 160 Å². The topological polar surface area (TPSA) is 248 Å². The van der Waals surface area contributed by atoms with Gasteiger partial charge in [0.15, 0.2) is 0 Å². The van der Waals surface area contributed by atoms with Crippen LogP contribution in [0.2, 0.25) is 0 Å². The molecule has 3 heterocycles. The van der Waals surface area contributed by atoms with Gasteiger partial charge in [0.2, 0.25) is 15.7 Å². The molecular formula is C85H93N3O15S. The predicted molar refractivity (Wildman–Crippen MR) is 401 cm³/mol. The second-order valence-corrected chi connectivity index (χ2v) is 28.5. The average molecular weight is 1430 g/mol. The van der Waals surface area contributed by atoms with Gasteiger partial charge in [0.1, 0.15) is 28.8 Å². The molecule has 1 aliphatic carbocycles. The first-order valence-electron chi connectivity index (χ1n) is 35.4. The zero-order valence-corrected chi connectivity index (χ0v) is 60.7. The molecule has 18 nitrogen and oxygen atoms in total. The highest BCUT2D eigenvalue weighted by Crippen LogP contribution is 2.37. The monoisotopic (exact) mass is 1430 g/mol. The molecule has 1 aliphatic rings. The van der Waals surface area contributed by atoms with Crippen LogP contribution in [-0.2, 0) is 67.9 Å². The second kappa shape index (κ2) is 38.0. The van der Waals surface area contributed by atoms with Gasteiger partial charge in [0.05, 0.1) is 54.1 Å². The fourth-order valence-electron chi connectivity index (χ4n) is 12.5. The van der Waals surface area contributed by atoms with Gasteiger partial charge in [-0.15, -0.1) is 0 Å². The number of sulfone groups is 1. The highest BCUT2D eigenvalue weighted by Gasteiger charge is 2.34. The number of anilines is 1. The average Bonchev–Trinajstić information content (AvgIpc) is 1.48. The van der Waals surface area contributed by atoms with Gasteiger partial charge in [-0.1, -0.05) is 103 Å². The van der Waals surface area contributed by atoms with E-state index in [0.29, 0.717) is 66.7 Å². The normalized spacial score (nSPS) is 12.5. The predicted octanol–water partition coefficient (Wildman–Crippen LogP) is 18.0. The number of aliphatic carboxylic acids is 3. The molecule has 104 heavy (non-hydrogen) atoms. The maximum atomic E-state index is 14.0. The number of carbonyl (C=O) groups excluding carboxylic acids is 2. The fourth-order valence-corrected chi connectivity index (χ4v) is 14.2. The van der Waals surface area contributed by atoms with E-state index in [1.165, 1.54) is 11.1 Å². The Hall–Kier alpha value is -10.8. The van der Waals surface area contributed by atoms with Crippen LogP contribution in [0.1, 0.15) is 137 Å². The van der Waals surface area contributed by atoms with Crippen LogP contribution in [0.3, 0.4) is 0 Å². The van der Waals surface area contributed by atoms with Crippen LogP contribution in [0.25, 0.3) is 34.0 Å². The Morgan fingerprint density at radius 1 is 0.471 bits per heavy atom. The molecule has 7 aromatic carbocycles. The first-order chi connectivity index (χ1) is 50.1. The van der Waals surface area contributed by atoms with Crippen LogP contribution < -0.4 is 14.4 Å². The van der Waals surface area contributed by atoms with Crippen molar-refractivity contribution in [2.24, 2.45) is 5.92 Å². The highest BCUT2D eigenvalue weighted by molar-refractivity contribution is 7.91. The number of fused-ring (bicyclic) bond motifs is 1. The van der Waals surface area contributed by atoms with Crippen molar-refractivity contribution in [1.29, 1.82) is 0 Å². The number of carboxylic acids is 3. The first kappa shape index (κ1) is 77.4. The number of benzene rings is 7. The molecule has 0 saturated carbocycles. The third-order valence-electron chi connectivity index (χ3n) is 18.1. The van der Waals surface area contributed by atoms with E-state index in [9.17, 15) is 37.5 Å². The molecule has 544 valence electrons. The SMILES string of the molecule is CC(C)N(C(=O)Cc1ccccc1OCCCCCC(=O)O)c1ccc(-c2ccco2)cc1.CC(C)N(Cc1ccc(-c2ccco2)cc1)Cc1ccccc1OCCCCCC(=O)O.CC(C)N(Cc1ccccc1S(=O)(=O)c1cccc2c1C[C@@H](C(=O)O)C2)C(=O)c1ccc(-c2ccco2)cc1. The summed E-state index contributed by atoms with van der Waals surface area (Å²) in [6.45, 7) is 15.0. The largest absolute Gasteiger partial charge is 0.493 e. The van der Waals surface area contributed by atoms with E-state index in [0.717, 1.165) is 89.5 Å². The van der Waals surface area contributed by atoms with Gasteiger partial charge >= 0.3 is 17.9 Å². The number of amides is 2. The first-order valence-corrected chi connectivity index (χ1v) is 36.9. The minimum absolute atomic E-state index is 0.00530. The zero-order chi connectivity index (χ0) is 74.1. The van der Waals surface area contributed by atoms with E-state index in [1.54, 1.807) is 89.3 Å². The number of hydrogen-bond acceptors (Lipinski definition) is 13. The Bertz CT molecular complexity index is 4490. The summed E-state index contributed by atoms with van der Waals surface area (Å²) < 4.78 is 56.3. The van der Waals surface area contributed by atoms with Gasteiger partial charge in [-0.2, -0.15) is 0 Å². The van der Waals surface area contributed by atoms with E-state index in [1.807, 2.05) is 137 Å². The van der Waals surface area contributed by atoms with Crippen molar-refractivity contribution in [3.8, 4) is 45.5 Å². The Balaban J connectivity index is 0.000000182. The van der Waals surface area contributed by atoms with E-state index < -0.39 is 33.7 Å². The lowest BCUT2D eigenvalue weighted by Crippen LogP contribution is -2.38. The number of carboxylic acid groups (broad SMARTS) is 3. The molecular weight excluding hydrogens is 1340 g/mol. The van der Waals surface area contributed by atoms with Gasteiger partial charge in [0, 0.05) is 89.7 Å². The standard InChI is InChI=1S/C31H29NO6S.C27H31NO5.C27H33NO4/c1-20(2)32(30(33)22-14-12-21(13-15-22)27-9-6-16-38-27)19-24-7-3-4-10-28(24)39(36,37)29-11-5-8-23-17-25(31(34)35)18-26(23)29;1-20(2)28(23-15-13-21(14-16-23)24-11-8-18-33-24)26(29)19-22-9-5-6-10-25(22)32-17-7-3-4-12-27(30)31;1-21(2)28(19-22-13-15-23(16-14-22)25-11-8-18-32-25)20-24-9-5-6-10-26(24)31-17-7-3-4-12-27(29)30/h3-16,20,25H,17-19H2,1-2H3,(H,34,35);5-6,8-11,13-16,18,20H,3-4,7,12,17,19H2,1-2H3,(H,30,31);5-6,8-11,13-16,18,21H,3-4,7,12,17,19-20H2,1-2H3,(H,29,30)/t25-;;/m0../s1. The number of rotatable bonds is 33. The summed E-state index contributed by atoms with van der Waals surface area (Å²) in [5, 5.41) is 27.0. The smallest absolute Gasteiger partial charge is 0.307 e. The number of unbranched alkanes of at least 4 members (excludes halogenated alkanes) is 4. The summed E-state index contributed by atoms with van der Waals surface area (Å²) in [5.74, 6) is 0.677. The summed E-state index contributed by atoms with van der Waals surface area (Å²) in [7, 11) is -3.98. The van der Waals surface area contributed by atoms with E-state index in [-0.39, 0.29) is 65.9 Å². The number of carbonyl (C=O) groups is 5. The lowest BCUT2D eigenvalue weighted by Gasteiger charge is -2.28. The number of hydrogen-bond donors (Lipinski definition) is 3. The second-order valence-electron chi connectivity index (χ2n) is 26.6. The minimum Gasteiger partial charge on any atom is -0.493 e. The van der Waals surface area contributed by atoms with E-state index in [2.05, 4.69) is 49.1 Å². The molecule has 3 aromatic heterocycles. The van der Waals surface area contributed by atoms with Crippen molar-refractivity contribution in [3.05, 3.63) is 258 Å². The van der Waals surface area contributed by atoms with Gasteiger partial charge in [-0.3, -0.25) is 28.9 Å². The fraction of sp³-hybridized carbons (Fsp3) is 0.306. The molecule has 0 spiro atoms. The Morgan fingerprint density at radius 3 is 1.46 bits per heavy atom. The van der Waals surface area contributed by atoms with Crippen molar-refractivity contribution in [1.82, 2.24) is 9.80 Å². The number of para-hydroxylation sites is 2. The molecule has 10 aromatic rings. The van der Waals surface area contributed by atoms with Crippen LogP contribution >= 0.6 is 0 Å². The molecule has 0 aliphatic heterocycles. The molecule has 11 rings (SSSR count). The summed E-state index contributed by atoms with van der Waals surface area (Å²) >= 11 is 0. The molecule has 19 heteroatoms. The lowest BCUT2D eigenvalue weighted by molar-refractivity contribution is -0.141. The molecule has 0 radical (unpaired) electrons. The van der Waals surface area contributed by atoms with Gasteiger partial charge in [-0.25, -0.2) is 8.42 Å². The maximum absolute atomic E-state index is 14.0. The maximum Gasteiger partial charge on any atom is 0.307 e. The van der Waals surface area contributed by atoms with Crippen LogP contribution in [-0.4, -0.2) is 94.6 Å². The third kappa shape index (κ3) is 21.7. The minimum atomic E-state index is -3.98. The van der Waals surface area contributed by atoms with Crippen LogP contribution in [0.15, 0.2) is 242 Å². The Labute approximate surface area is 609 Å². The Kier molecular flexibility index (Phi) is 28.2. The number of nitrogens with zero attached hydrogens (tertiary/aromatic N) is 3. The van der Waals surface area contributed by atoms with E-state index in [4.69, 9.17) is 32.9 Å². The zero-order valence-electron chi connectivity index (χ0n) is 59.9.